The molecule has 2 aromatic heterocycles. The molecule has 3 aromatic rings. The molecule has 1 fully saturated rings. The van der Waals surface area contributed by atoms with Crippen LogP contribution in [0.5, 0.6) is 0 Å². The molecule has 27 heavy (non-hydrogen) atoms. The number of carbonyl (C=O) groups is 1. The summed E-state index contributed by atoms with van der Waals surface area (Å²) in [5, 5.41) is 10.1. The van der Waals surface area contributed by atoms with E-state index < -0.39 is 0 Å². The monoisotopic (exact) mass is 363 g/mol. The maximum atomic E-state index is 12.8. The van der Waals surface area contributed by atoms with Crippen LogP contribution in [0.2, 0.25) is 0 Å². The van der Waals surface area contributed by atoms with Gasteiger partial charge in [-0.05, 0) is 18.6 Å². The van der Waals surface area contributed by atoms with Gasteiger partial charge < -0.3 is 15.0 Å². The van der Waals surface area contributed by atoms with Gasteiger partial charge in [0.25, 0.3) is 5.91 Å². The number of benzene rings is 1. The van der Waals surface area contributed by atoms with Crippen molar-refractivity contribution in [2.45, 2.75) is 6.92 Å². The van der Waals surface area contributed by atoms with Crippen molar-refractivity contribution in [1.82, 2.24) is 15.2 Å². The predicted molar refractivity (Wildman–Crippen MR) is 104 cm³/mol. The van der Waals surface area contributed by atoms with Crippen LogP contribution in [0.25, 0.3) is 11.1 Å². The van der Waals surface area contributed by atoms with Crippen LogP contribution < -0.4 is 10.2 Å². The number of hydrogen-bond donors (Lipinski definition) is 2. The van der Waals surface area contributed by atoms with Crippen molar-refractivity contribution in [3.63, 3.8) is 0 Å². The number of pyridine rings is 1. The molecule has 0 unspecified atom stereocenters. The van der Waals surface area contributed by atoms with Crippen LogP contribution >= 0.6 is 0 Å². The highest BCUT2D eigenvalue weighted by Gasteiger charge is 2.18. The fourth-order valence-electron chi connectivity index (χ4n) is 3.20. The summed E-state index contributed by atoms with van der Waals surface area (Å²) in [5.41, 5.74) is 4.21. The van der Waals surface area contributed by atoms with Crippen molar-refractivity contribution >= 4 is 17.4 Å². The van der Waals surface area contributed by atoms with E-state index >= 15 is 0 Å². The first kappa shape index (κ1) is 17.2. The molecule has 0 radical (unpaired) electrons. The van der Waals surface area contributed by atoms with Gasteiger partial charge in [-0.25, -0.2) is 0 Å². The van der Waals surface area contributed by atoms with Crippen LogP contribution in [0.15, 0.2) is 48.8 Å². The molecule has 4 rings (SSSR count). The first-order chi connectivity index (χ1) is 13.2. The Kier molecular flexibility index (Phi) is 4.84. The van der Waals surface area contributed by atoms with Crippen molar-refractivity contribution in [2.75, 3.05) is 36.5 Å². The van der Waals surface area contributed by atoms with Gasteiger partial charge in [0, 0.05) is 30.5 Å². The van der Waals surface area contributed by atoms with E-state index in [-0.39, 0.29) is 5.91 Å². The van der Waals surface area contributed by atoms with E-state index in [0.29, 0.717) is 24.6 Å². The number of rotatable bonds is 4. The highest BCUT2D eigenvalue weighted by atomic mass is 16.5. The molecular formula is C20H21N5O2. The summed E-state index contributed by atoms with van der Waals surface area (Å²) >= 11 is 0. The zero-order valence-corrected chi connectivity index (χ0v) is 15.1. The molecule has 1 amide bonds. The molecule has 2 N–H and O–H groups in total. The molecule has 0 bridgehead atoms. The Hall–Kier alpha value is -3.19. The lowest BCUT2D eigenvalue weighted by atomic mass is 10.1. The van der Waals surface area contributed by atoms with Crippen LogP contribution in [0.1, 0.15) is 16.1 Å². The van der Waals surface area contributed by atoms with Crippen molar-refractivity contribution in [1.29, 1.82) is 0 Å². The molecule has 1 aromatic carbocycles. The summed E-state index contributed by atoms with van der Waals surface area (Å²) < 4.78 is 5.38. The minimum Gasteiger partial charge on any atom is -0.378 e. The van der Waals surface area contributed by atoms with Crippen LogP contribution in [0.4, 0.5) is 11.5 Å². The summed E-state index contributed by atoms with van der Waals surface area (Å²) in [6.07, 6.45) is 3.34. The lowest BCUT2D eigenvalue weighted by Crippen LogP contribution is -2.36. The predicted octanol–water partition coefficient (Wildman–Crippen LogP) is 2.87. The third-order valence-corrected chi connectivity index (χ3v) is 4.60. The van der Waals surface area contributed by atoms with Gasteiger partial charge in [-0.1, -0.05) is 30.3 Å². The number of hydrogen-bond acceptors (Lipinski definition) is 5. The standard InChI is InChI=1S/C20H21N5O2/c1-14-18(15-5-3-2-4-6-15)19(24-23-14)22-20(26)16-11-17(13-21-12-16)25-7-9-27-10-8-25/h2-6,11-13H,7-10H2,1H3,(H2,22,23,24,26). The Balaban J connectivity index is 1.57. The van der Waals surface area contributed by atoms with Crippen molar-refractivity contribution in [2.24, 2.45) is 0 Å². The van der Waals surface area contributed by atoms with E-state index in [1.54, 1.807) is 12.4 Å². The molecule has 3 heterocycles. The summed E-state index contributed by atoms with van der Waals surface area (Å²) in [6, 6.07) is 11.7. The number of amides is 1. The number of nitrogens with zero attached hydrogens (tertiary/aromatic N) is 3. The number of ether oxygens (including phenoxy) is 1. The Morgan fingerprint density at radius 3 is 2.74 bits per heavy atom. The fraction of sp³-hybridized carbons (Fsp3) is 0.250. The largest absolute Gasteiger partial charge is 0.378 e. The van der Waals surface area contributed by atoms with E-state index in [0.717, 1.165) is 35.6 Å². The van der Waals surface area contributed by atoms with Gasteiger partial charge in [-0.3, -0.25) is 14.9 Å². The summed E-state index contributed by atoms with van der Waals surface area (Å²) in [5.74, 6) is 0.279. The van der Waals surface area contributed by atoms with Gasteiger partial charge in [0.2, 0.25) is 0 Å². The number of carbonyl (C=O) groups excluding carboxylic acids is 1. The van der Waals surface area contributed by atoms with Crippen LogP contribution in [-0.2, 0) is 4.74 Å². The molecule has 1 aliphatic heterocycles. The minimum atomic E-state index is -0.235. The maximum absolute atomic E-state index is 12.8. The summed E-state index contributed by atoms with van der Waals surface area (Å²) in [6.45, 7) is 4.89. The van der Waals surface area contributed by atoms with E-state index in [4.69, 9.17) is 4.74 Å². The molecule has 7 heteroatoms. The molecule has 0 saturated carbocycles. The summed E-state index contributed by atoms with van der Waals surface area (Å²) in [4.78, 5) is 19.2. The topological polar surface area (TPSA) is 83.1 Å². The zero-order valence-electron chi connectivity index (χ0n) is 15.1. The van der Waals surface area contributed by atoms with E-state index in [9.17, 15) is 4.79 Å². The molecule has 1 aliphatic rings. The van der Waals surface area contributed by atoms with E-state index in [1.165, 1.54) is 0 Å². The fourth-order valence-corrected chi connectivity index (χ4v) is 3.20. The van der Waals surface area contributed by atoms with Gasteiger partial charge in [0.15, 0.2) is 5.82 Å². The number of H-pyrrole nitrogens is 1. The normalized spacial score (nSPS) is 14.2. The quantitative estimate of drug-likeness (QED) is 0.745. The van der Waals surface area contributed by atoms with Crippen molar-refractivity contribution in [3.8, 4) is 11.1 Å². The number of nitrogens with one attached hydrogen (secondary N) is 2. The Morgan fingerprint density at radius 2 is 1.96 bits per heavy atom. The van der Waals surface area contributed by atoms with Gasteiger partial charge >= 0.3 is 0 Å². The molecular weight excluding hydrogens is 342 g/mol. The molecule has 0 spiro atoms. The Morgan fingerprint density at radius 1 is 1.19 bits per heavy atom. The second kappa shape index (κ2) is 7.59. The Bertz CT molecular complexity index is 933. The van der Waals surface area contributed by atoms with E-state index in [1.807, 2.05) is 43.3 Å². The SMILES string of the molecule is Cc1[nH]nc(NC(=O)c2cncc(N3CCOCC3)c2)c1-c1ccccc1. The highest BCUT2D eigenvalue weighted by molar-refractivity contribution is 6.06. The molecule has 138 valence electrons. The number of anilines is 2. The summed E-state index contributed by atoms with van der Waals surface area (Å²) in [7, 11) is 0. The third-order valence-electron chi connectivity index (χ3n) is 4.60. The van der Waals surface area contributed by atoms with Crippen LogP contribution in [0.3, 0.4) is 0 Å². The van der Waals surface area contributed by atoms with Gasteiger partial charge in [0.05, 0.1) is 30.7 Å². The second-order valence-electron chi connectivity index (χ2n) is 6.42. The first-order valence-electron chi connectivity index (χ1n) is 8.92. The highest BCUT2D eigenvalue weighted by Crippen LogP contribution is 2.29. The number of aryl methyl sites for hydroxylation is 1. The Labute approximate surface area is 157 Å². The van der Waals surface area contributed by atoms with Gasteiger partial charge in [-0.15, -0.1) is 0 Å². The second-order valence-corrected chi connectivity index (χ2v) is 6.42. The van der Waals surface area contributed by atoms with Crippen molar-refractivity contribution in [3.05, 3.63) is 60.0 Å². The molecule has 7 nitrogen and oxygen atoms in total. The molecule has 0 atom stereocenters. The average molecular weight is 363 g/mol. The van der Waals surface area contributed by atoms with Crippen LogP contribution in [0, 0.1) is 6.92 Å². The van der Waals surface area contributed by atoms with Gasteiger partial charge in [0.1, 0.15) is 0 Å². The molecule has 1 saturated heterocycles. The minimum absolute atomic E-state index is 0.235. The third kappa shape index (κ3) is 3.68. The lowest BCUT2D eigenvalue weighted by molar-refractivity contribution is 0.102. The number of aromatic amines is 1. The van der Waals surface area contributed by atoms with Crippen molar-refractivity contribution < 1.29 is 9.53 Å². The lowest BCUT2D eigenvalue weighted by Gasteiger charge is -2.28. The number of aromatic nitrogens is 3. The van der Waals surface area contributed by atoms with Gasteiger partial charge in [-0.2, -0.15) is 5.10 Å². The molecule has 0 aliphatic carbocycles. The first-order valence-corrected chi connectivity index (χ1v) is 8.92. The average Bonchev–Trinajstić information content (AvgIpc) is 3.09. The zero-order chi connectivity index (χ0) is 18.6. The smallest absolute Gasteiger partial charge is 0.258 e. The van der Waals surface area contributed by atoms with E-state index in [2.05, 4.69) is 25.4 Å². The number of morpholine rings is 1. The maximum Gasteiger partial charge on any atom is 0.258 e. The van der Waals surface area contributed by atoms with Crippen LogP contribution in [-0.4, -0.2) is 47.4 Å².